The van der Waals surface area contributed by atoms with E-state index < -0.39 is 0 Å². The van der Waals surface area contributed by atoms with Gasteiger partial charge in [-0.05, 0) is 18.3 Å². The van der Waals surface area contributed by atoms with E-state index in [1.807, 2.05) is 0 Å². The van der Waals surface area contributed by atoms with Crippen LogP contribution in [-0.4, -0.2) is 17.6 Å². The molecular weight excluding hydrogens is 156 g/mol. The first-order chi connectivity index (χ1) is 5.60. The fourth-order valence-corrected chi connectivity index (χ4v) is 1.21. The molecule has 0 aromatic rings. The van der Waals surface area contributed by atoms with E-state index in [-0.39, 0.29) is 18.4 Å². The number of hydrogen-bond acceptors (Lipinski definition) is 3. The number of amides is 1. The highest BCUT2D eigenvalue weighted by atomic mass is 16.3. The standard InChI is InChI=1S/C8H18N2O2/c1-6(2)3-7(5-11)4-8(12)10-9/h6-7,11H,3-5,9H2,1-2H3,(H,10,12). The summed E-state index contributed by atoms with van der Waals surface area (Å²) in [4.78, 5) is 10.8. The zero-order valence-corrected chi connectivity index (χ0v) is 7.71. The monoisotopic (exact) mass is 174 g/mol. The van der Waals surface area contributed by atoms with Crippen LogP contribution in [0.4, 0.5) is 0 Å². The second-order valence-electron chi connectivity index (χ2n) is 3.45. The van der Waals surface area contributed by atoms with E-state index in [0.29, 0.717) is 12.3 Å². The number of hydrazine groups is 1. The molecule has 0 radical (unpaired) electrons. The summed E-state index contributed by atoms with van der Waals surface area (Å²) in [7, 11) is 0. The molecule has 0 heterocycles. The molecule has 0 saturated carbocycles. The molecule has 0 aliphatic rings. The predicted molar refractivity (Wildman–Crippen MR) is 47.0 cm³/mol. The van der Waals surface area contributed by atoms with E-state index in [1.165, 1.54) is 0 Å². The summed E-state index contributed by atoms with van der Waals surface area (Å²) in [6.45, 7) is 4.16. The summed E-state index contributed by atoms with van der Waals surface area (Å²) in [6.07, 6.45) is 1.16. The van der Waals surface area contributed by atoms with Crippen LogP contribution in [0.1, 0.15) is 26.7 Å². The van der Waals surface area contributed by atoms with Gasteiger partial charge in [-0.15, -0.1) is 0 Å². The highest BCUT2D eigenvalue weighted by Crippen LogP contribution is 2.14. The van der Waals surface area contributed by atoms with Gasteiger partial charge < -0.3 is 5.11 Å². The molecule has 0 bridgehead atoms. The molecule has 0 aliphatic carbocycles. The Hall–Kier alpha value is -0.610. The van der Waals surface area contributed by atoms with Crippen LogP contribution >= 0.6 is 0 Å². The van der Waals surface area contributed by atoms with Crippen molar-refractivity contribution in [1.82, 2.24) is 5.43 Å². The maximum absolute atomic E-state index is 10.8. The molecule has 4 heteroatoms. The number of rotatable bonds is 5. The van der Waals surface area contributed by atoms with Gasteiger partial charge in [-0.25, -0.2) is 5.84 Å². The smallest absolute Gasteiger partial charge is 0.234 e. The first-order valence-corrected chi connectivity index (χ1v) is 4.20. The Morgan fingerprint density at radius 3 is 2.50 bits per heavy atom. The maximum Gasteiger partial charge on any atom is 0.234 e. The lowest BCUT2D eigenvalue weighted by Gasteiger charge is -2.14. The molecule has 0 aliphatic heterocycles. The molecule has 4 nitrogen and oxygen atoms in total. The molecule has 1 unspecified atom stereocenters. The topological polar surface area (TPSA) is 75.3 Å². The van der Waals surface area contributed by atoms with Gasteiger partial charge in [-0.3, -0.25) is 10.2 Å². The molecule has 72 valence electrons. The third-order valence-corrected chi connectivity index (χ3v) is 1.70. The normalized spacial score (nSPS) is 13.1. The lowest BCUT2D eigenvalue weighted by molar-refractivity contribution is -0.122. The summed E-state index contributed by atoms with van der Waals surface area (Å²) in [5, 5.41) is 8.90. The average molecular weight is 174 g/mol. The number of aliphatic hydroxyl groups is 1. The van der Waals surface area contributed by atoms with Gasteiger partial charge in [-0.1, -0.05) is 13.8 Å². The molecule has 0 aromatic carbocycles. The number of aliphatic hydroxyl groups excluding tert-OH is 1. The van der Waals surface area contributed by atoms with Crippen LogP contribution in [0.5, 0.6) is 0 Å². The molecule has 0 saturated heterocycles. The van der Waals surface area contributed by atoms with Gasteiger partial charge in [0.25, 0.3) is 0 Å². The van der Waals surface area contributed by atoms with Crippen molar-refractivity contribution >= 4 is 5.91 Å². The molecule has 12 heavy (non-hydrogen) atoms. The van der Waals surface area contributed by atoms with Crippen molar-refractivity contribution in [2.75, 3.05) is 6.61 Å². The van der Waals surface area contributed by atoms with Crippen LogP contribution in [0.3, 0.4) is 0 Å². The van der Waals surface area contributed by atoms with Gasteiger partial charge in [0.15, 0.2) is 0 Å². The van der Waals surface area contributed by atoms with E-state index in [2.05, 4.69) is 19.3 Å². The minimum absolute atomic E-state index is 0.0357. The van der Waals surface area contributed by atoms with Crippen molar-refractivity contribution < 1.29 is 9.90 Å². The zero-order valence-electron chi connectivity index (χ0n) is 7.71. The Morgan fingerprint density at radius 1 is 1.58 bits per heavy atom. The molecule has 1 amide bonds. The first-order valence-electron chi connectivity index (χ1n) is 4.20. The SMILES string of the molecule is CC(C)CC(CO)CC(=O)NN. The highest BCUT2D eigenvalue weighted by Gasteiger charge is 2.13. The van der Waals surface area contributed by atoms with Gasteiger partial charge in [0.2, 0.25) is 5.91 Å². The predicted octanol–water partition coefficient (Wildman–Crippen LogP) is 0.0210. The fourth-order valence-electron chi connectivity index (χ4n) is 1.21. The van der Waals surface area contributed by atoms with Crippen LogP contribution in [0.15, 0.2) is 0 Å². The van der Waals surface area contributed by atoms with Crippen molar-refractivity contribution in [2.24, 2.45) is 17.7 Å². The van der Waals surface area contributed by atoms with Crippen LogP contribution in [-0.2, 0) is 4.79 Å². The first kappa shape index (κ1) is 11.4. The molecule has 0 spiro atoms. The largest absolute Gasteiger partial charge is 0.396 e. The Kier molecular flexibility index (Phi) is 5.66. The maximum atomic E-state index is 10.8. The summed E-state index contributed by atoms with van der Waals surface area (Å²) in [6, 6.07) is 0. The number of nitrogens with one attached hydrogen (secondary N) is 1. The van der Waals surface area contributed by atoms with Crippen LogP contribution < -0.4 is 11.3 Å². The van der Waals surface area contributed by atoms with Gasteiger partial charge in [-0.2, -0.15) is 0 Å². The van der Waals surface area contributed by atoms with Gasteiger partial charge >= 0.3 is 0 Å². The van der Waals surface area contributed by atoms with E-state index in [4.69, 9.17) is 10.9 Å². The van der Waals surface area contributed by atoms with E-state index in [1.54, 1.807) is 0 Å². The summed E-state index contributed by atoms with van der Waals surface area (Å²) in [5.41, 5.74) is 2.05. The molecule has 1 atom stereocenters. The molecule has 4 N–H and O–H groups in total. The second kappa shape index (κ2) is 5.97. The third-order valence-electron chi connectivity index (χ3n) is 1.70. The van der Waals surface area contributed by atoms with Gasteiger partial charge in [0.05, 0.1) is 0 Å². The van der Waals surface area contributed by atoms with E-state index in [9.17, 15) is 4.79 Å². The fraction of sp³-hybridized carbons (Fsp3) is 0.875. The summed E-state index contributed by atoms with van der Waals surface area (Å²) < 4.78 is 0. The number of carbonyl (C=O) groups is 1. The lowest BCUT2D eigenvalue weighted by Crippen LogP contribution is -2.32. The van der Waals surface area contributed by atoms with Crippen molar-refractivity contribution in [1.29, 1.82) is 0 Å². The van der Waals surface area contributed by atoms with Crippen LogP contribution in [0, 0.1) is 11.8 Å². The summed E-state index contributed by atoms with van der Waals surface area (Å²) in [5.74, 6) is 5.24. The molecule has 0 fully saturated rings. The van der Waals surface area contributed by atoms with Gasteiger partial charge in [0, 0.05) is 13.0 Å². The minimum atomic E-state index is -0.213. The van der Waals surface area contributed by atoms with Crippen molar-refractivity contribution in [3.05, 3.63) is 0 Å². The van der Waals surface area contributed by atoms with Crippen molar-refractivity contribution in [3.8, 4) is 0 Å². The second-order valence-corrected chi connectivity index (χ2v) is 3.45. The van der Waals surface area contributed by atoms with Crippen LogP contribution in [0.2, 0.25) is 0 Å². The van der Waals surface area contributed by atoms with Crippen LogP contribution in [0.25, 0.3) is 0 Å². The zero-order chi connectivity index (χ0) is 9.56. The highest BCUT2D eigenvalue weighted by molar-refractivity contribution is 5.75. The summed E-state index contributed by atoms with van der Waals surface area (Å²) >= 11 is 0. The lowest BCUT2D eigenvalue weighted by atomic mass is 9.95. The number of carbonyl (C=O) groups excluding carboxylic acids is 1. The minimum Gasteiger partial charge on any atom is -0.396 e. The average Bonchev–Trinajstić information content (AvgIpc) is 2.02. The Morgan fingerprint density at radius 2 is 2.17 bits per heavy atom. The van der Waals surface area contributed by atoms with E-state index in [0.717, 1.165) is 6.42 Å². The third kappa shape index (κ3) is 5.09. The Bertz CT molecular complexity index is 137. The van der Waals surface area contributed by atoms with Crippen molar-refractivity contribution in [3.63, 3.8) is 0 Å². The Balaban J connectivity index is 3.74. The molecule has 0 rings (SSSR count). The van der Waals surface area contributed by atoms with E-state index >= 15 is 0 Å². The molecule has 0 aromatic heterocycles. The van der Waals surface area contributed by atoms with Crippen molar-refractivity contribution in [2.45, 2.75) is 26.7 Å². The number of nitrogens with two attached hydrogens (primary N) is 1. The number of hydrogen-bond donors (Lipinski definition) is 3. The Labute approximate surface area is 73.1 Å². The molecular formula is C8H18N2O2. The van der Waals surface area contributed by atoms with Gasteiger partial charge in [0.1, 0.15) is 0 Å². The quantitative estimate of drug-likeness (QED) is 0.312.